The van der Waals surface area contributed by atoms with Crippen LogP contribution in [0.3, 0.4) is 0 Å². The van der Waals surface area contributed by atoms with E-state index in [4.69, 9.17) is 23.1 Å². The van der Waals surface area contributed by atoms with E-state index in [0.717, 1.165) is 11.1 Å². The summed E-state index contributed by atoms with van der Waals surface area (Å²) in [5.41, 5.74) is 12.8. The second-order valence-corrected chi connectivity index (χ2v) is 3.86. The summed E-state index contributed by atoms with van der Waals surface area (Å²) in [6, 6.07) is 0.0787. The van der Waals surface area contributed by atoms with Crippen molar-refractivity contribution in [3.8, 4) is 11.8 Å². The third-order valence-electron chi connectivity index (χ3n) is 1.94. The number of nitrogen functional groups attached to an aromatic ring is 1. The van der Waals surface area contributed by atoms with Crippen LogP contribution in [-0.2, 0) is 0 Å². The van der Waals surface area contributed by atoms with Gasteiger partial charge in [0, 0.05) is 24.2 Å². The number of nitrogens with zero attached hydrogens (tertiary/aromatic N) is 1. The van der Waals surface area contributed by atoms with Gasteiger partial charge in [0.25, 0.3) is 0 Å². The summed E-state index contributed by atoms with van der Waals surface area (Å²) in [5, 5.41) is 0.475. The number of halogens is 3. The fourth-order valence-electron chi connectivity index (χ4n) is 1.03. The molecule has 1 aromatic heterocycles. The number of hydrogen-bond acceptors (Lipinski definition) is 3. The Morgan fingerprint density at radius 3 is 2.59 bits per heavy atom. The molecule has 17 heavy (non-hydrogen) atoms. The fraction of sp³-hybridized carbons (Fsp3) is 0.364. The van der Waals surface area contributed by atoms with Crippen molar-refractivity contribution in [3.05, 3.63) is 22.3 Å². The van der Waals surface area contributed by atoms with Gasteiger partial charge in [-0.05, 0) is 19.4 Å². The Balaban J connectivity index is 0. The van der Waals surface area contributed by atoms with E-state index in [2.05, 4.69) is 16.8 Å². The van der Waals surface area contributed by atoms with Crippen LogP contribution < -0.4 is 11.5 Å². The Labute approximate surface area is 119 Å². The second kappa shape index (κ2) is 8.43. The van der Waals surface area contributed by atoms with Gasteiger partial charge in [-0.2, -0.15) is 0 Å². The van der Waals surface area contributed by atoms with Crippen LogP contribution in [0.25, 0.3) is 0 Å². The van der Waals surface area contributed by atoms with Gasteiger partial charge in [-0.25, -0.2) is 4.98 Å². The molecular weight excluding hydrogens is 281 g/mol. The van der Waals surface area contributed by atoms with Crippen LogP contribution in [0.4, 0.5) is 5.82 Å². The number of pyridine rings is 1. The van der Waals surface area contributed by atoms with Crippen molar-refractivity contribution in [2.24, 2.45) is 5.73 Å². The van der Waals surface area contributed by atoms with Crippen molar-refractivity contribution < 1.29 is 0 Å². The third kappa shape index (κ3) is 5.47. The Morgan fingerprint density at radius 2 is 2.06 bits per heavy atom. The largest absolute Gasteiger partial charge is 0.382 e. The standard InChI is InChI=1S/C11H14ClN3.2ClH/c1-7(13)4-3-5-9-6-15-11(14)10(12)8(9)2;;/h6-7H,4,13H2,1-2H3,(H2,14,15);2*1H/t7-;;/m0../s1. The van der Waals surface area contributed by atoms with E-state index >= 15 is 0 Å². The summed E-state index contributed by atoms with van der Waals surface area (Å²) in [5.74, 6) is 6.29. The molecule has 0 radical (unpaired) electrons. The molecule has 96 valence electrons. The van der Waals surface area contributed by atoms with Gasteiger partial charge in [0.05, 0.1) is 5.02 Å². The predicted octanol–water partition coefficient (Wildman–Crippen LogP) is 2.56. The minimum atomic E-state index is 0. The number of aromatic nitrogens is 1. The van der Waals surface area contributed by atoms with Crippen molar-refractivity contribution in [2.75, 3.05) is 5.73 Å². The van der Waals surface area contributed by atoms with Crippen molar-refractivity contribution >= 4 is 42.2 Å². The van der Waals surface area contributed by atoms with Crippen LogP contribution in [0.15, 0.2) is 6.20 Å². The normalized spacial score (nSPS) is 10.4. The van der Waals surface area contributed by atoms with Crippen LogP contribution in [0, 0.1) is 18.8 Å². The lowest BCUT2D eigenvalue weighted by Gasteiger charge is -2.03. The van der Waals surface area contributed by atoms with Gasteiger partial charge in [0.15, 0.2) is 0 Å². The van der Waals surface area contributed by atoms with E-state index < -0.39 is 0 Å². The summed E-state index contributed by atoms with van der Waals surface area (Å²) < 4.78 is 0. The molecule has 0 saturated heterocycles. The first-order chi connectivity index (χ1) is 7.02. The highest BCUT2D eigenvalue weighted by Gasteiger charge is 2.04. The van der Waals surface area contributed by atoms with Crippen LogP contribution >= 0.6 is 36.4 Å². The topological polar surface area (TPSA) is 64.9 Å². The monoisotopic (exact) mass is 295 g/mol. The molecule has 0 amide bonds. The third-order valence-corrected chi connectivity index (χ3v) is 2.42. The predicted molar refractivity (Wildman–Crippen MR) is 78.0 cm³/mol. The highest BCUT2D eigenvalue weighted by atomic mass is 35.5. The van der Waals surface area contributed by atoms with Gasteiger partial charge in [-0.3, -0.25) is 0 Å². The summed E-state index contributed by atoms with van der Waals surface area (Å²) in [7, 11) is 0. The van der Waals surface area contributed by atoms with Crippen molar-refractivity contribution in [2.45, 2.75) is 26.3 Å². The molecule has 1 aromatic rings. The lowest BCUT2D eigenvalue weighted by atomic mass is 10.1. The average molecular weight is 297 g/mol. The SMILES string of the molecule is Cc1c(C#CC[C@H](C)N)cnc(N)c1Cl.Cl.Cl. The van der Waals surface area contributed by atoms with Gasteiger partial charge < -0.3 is 11.5 Å². The van der Waals surface area contributed by atoms with Crippen LogP contribution in [0.2, 0.25) is 5.02 Å². The number of rotatable bonds is 1. The Bertz CT molecular complexity index is 422. The first-order valence-corrected chi connectivity index (χ1v) is 5.05. The smallest absolute Gasteiger partial charge is 0.142 e. The molecule has 6 heteroatoms. The molecule has 0 saturated carbocycles. The van der Waals surface area contributed by atoms with Crippen molar-refractivity contribution in [3.63, 3.8) is 0 Å². The summed E-state index contributed by atoms with van der Waals surface area (Å²) >= 11 is 5.94. The van der Waals surface area contributed by atoms with E-state index in [-0.39, 0.29) is 30.9 Å². The van der Waals surface area contributed by atoms with E-state index in [9.17, 15) is 0 Å². The lowest BCUT2D eigenvalue weighted by molar-refractivity contribution is 0.771. The highest BCUT2D eigenvalue weighted by Crippen LogP contribution is 2.22. The molecular formula is C11H16Cl3N3. The second-order valence-electron chi connectivity index (χ2n) is 3.48. The summed E-state index contributed by atoms with van der Waals surface area (Å²) in [4.78, 5) is 3.95. The molecule has 1 heterocycles. The molecule has 0 bridgehead atoms. The van der Waals surface area contributed by atoms with Crippen LogP contribution in [0.1, 0.15) is 24.5 Å². The van der Waals surface area contributed by atoms with Gasteiger partial charge in [-0.1, -0.05) is 23.4 Å². The van der Waals surface area contributed by atoms with Gasteiger partial charge >= 0.3 is 0 Å². The minimum Gasteiger partial charge on any atom is -0.382 e. The molecule has 1 atom stereocenters. The molecule has 0 fully saturated rings. The van der Waals surface area contributed by atoms with E-state index in [1.807, 2.05) is 13.8 Å². The highest BCUT2D eigenvalue weighted by molar-refractivity contribution is 6.33. The molecule has 0 aliphatic heterocycles. The maximum absolute atomic E-state index is 5.94. The van der Waals surface area contributed by atoms with Crippen LogP contribution in [0.5, 0.6) is 0 Å². The molecule has 0 aliphatic carbocycles. The van der Waals surface area contributed by atoms with Gasteiger partial charge in [-0.15, -0.1) is 24.8 Å². The van der Waals surface area contributed by atoms with Crippen molar-refractivity contribution in [1.29, 1.82) is 0 Å². The molecule has 1 rings (SSSR count). The Hall–Kier alpha value is -0.660. The molecule has 0 aromatic carbocycles. The number of anilines is 1. The zero-order valence-electron chi connectivity index (χ0n) is 9.66. The molecule has 0 spiro atoms. The first kappa shape index (κ1) is 18.7. The van der Waals surface area contributed by atoms with Gasteiger partial charge in [0.2, 0.25) is 0 Å². The maximum Gasteiger partial charge on any atom is 0.142 e. The zero-order chi connectivity index (χ0) is 11.4. The molecule has 4 N–H and O–H groups in total. The minimum absolute atomic E-state index is 0. The van der Waals surface area contributed by atoms with Crippen LogP contribution in [-0.4, -0.2) is 11.0 Å². The average Bonchev–Trinajstić information content (AvgIpc) is 2.18. The quantitative estimate of drug-likeness (QED) is 0.783. The van der Waals surface area contributed by atoms with E-state index in [1.165, 1.54) is 0 Å². The van der Waals surface area contributed by atoms with E-state index in [1.54, 1.807) is 6.20 Å². The molecule has 3 nitrogen and oxygen atoms in total. The number of nitrogens with two attached hydrogens (primary N) is 2. The Morgan fingerprint density at radius 1 is 1.47 bits per heavy atom. The fourth-order valence-corrected chi connectivity index (χ4v) is 1.18. The zero-order valence-corrected chi connectivity index (χ0v) is 12.0. The maximum atomic E-state index is 5.94. The van der Waals surface area contributed by atoms with Gasteiger partial charge in [0.1, 0.15) is 5.82 Å². The molecule has 0 aliphatic rings. The summed E-state index contributed by atoms with van der Waals surface area (Å²) in [6.45, 7) is 3.78. The first-order valence-electron chi connectivity index (χ1n) is 4.67. The van der Waals surface area contributed by atoms with E-state index in [0.29, 0.717) is 17.3 Å². The Kier molecular flexibility index (Phi) is 9.28. The summed E-state index contributed by atoms with van der Waals surface area (Å²) in [6.07, 6.45) is 2.28. The lowest BCUT2D eigenvalue weighted by Crippen LogP contribution is -2.12. The number of hydrogen-bond donors (Lipinski definition) is 2. The van der Waals surface area contributed by atoms with Crippen molar-refractivity contribution in [1.82, 2.24) is 4.98 Å². The molecule has 0 unspecified atom stereocenters.